The molecule has 0 fully saturated rings. The second-order valence-corrected chi connectivity index (χ2v) is 4.48. The highest BCUT2D eigenvalue weighted by Gasteiger charge is 2.30. The normalized spacial score (nSPS) is 13.8. The highest BCUT2D eigenvalue weighted by molar-refractivity contribution is 7.79. The van der Waals surface area contributed by atoms with Gasteiger partial charge in [0.25, 0.3) is 0 Å². The Kier molecular flexibility index (Phi) is 4.35. The van der Waals surface area contributed by atoms with Gasteiger partial charge in [-0.25, -0.2) is 0 Å². The lowest BCUT2D eigenvalue weighted by atomic mass is 10.1. The Morgan fingerprint density at radius 2 is 2.00 bits per heavy atom. The fourth-order valence-electron chi connectivity index (χ4n) is 1.14. The van der Waals surface area contributed by atoms with Gasteiger partial charge in [-0.15, -0.1) is 0 Å². The van der Waals surface area contributed by atoms with E-state index in [9.17, 15) is 21.9 Å². The summed E-state index contributed by atoms with van der Waals surface area (Å²) in [6.45, 7) is 0. The van der Waals surface area contributed by atoms with Crippen molar-refractivity contribution in [2.45, 2.75) is 12.6 Å². The summed E-state index contributed by atoms with van der Waals surface area (Å²) < 4.78 is 57.6. The summed E-state index contributed by atoms with van der Waals surface area (Å²) >= 11 is 3.37. The Balaban J connectivity index is 2.95. The van der Waals surface area contributed by atoms with Gasteiger partial charge in [0.2, 0.25) is 0 Å². The lowest BCUT2D eigenvalue weighted by molar-refractivity contribution is -0.137. The van der Waals surface area contributed by atoms with Crippen molar-refractivity contribution in [1.29, 1.82) is 0 Å². The first-order chi connectivity index (χ1) is 7.30. The van der Waals surface area contributed by atoms with Gasteiger partial charge in [0, 0.05) is 10.8 Å². The molecule has 0 heterocycles. The molecule has 0 saturated heterocycles. The van der Waals surface area contributed by atoms with Crippen LogP contribution in [-0.2, 0) is 23.7 Å². The van der Waals surface area contributed by atoms with Crippen LogP contribution in [0.15, 0.2) is 18.2 Å². The van der Waals surface area contributed by atoms with Crippen LogP contribution in [0, 0.1) is 0 Å². The zero-order chi connectivity index (χ0) is 12.3. The van der Waals surface area contributed by atoms with E-state index < -0.39 is 22.8 Å². The van der Waals surface area contributed by atoms with E-state index in [0.29, 0.717) is 0 Å². The number of hydrogen-bond acceptors (Lipinski definition) is 2. The number of rotatable bonds is 3. The number of aryl methyl sites for hydroxylation is 1. The van der Waals surface area contributed by atoms with Gasteiger partial charge in [-0.05, 0) is 30.2 Å². The molecule has 0 aliphatic heterocycles. The van der Waals surface area contributed by atoms with Gasteiger partial charge >= 0.3 is 6.18 Å². The van der Waals surface area contributed by atoms with Crippen LogP contribution in [0.3, 0.4) is 0 Å². The minimum atomic E-state index is -4.45. The van der Waals surface area contributed by atoms with Crippen molar-refractivity contribution in [2.24, 2.45) is 0 Å². The first-order valence-corrected chi connectivity index (χ1v) is 5.84. The maximum atomic E-state index is 12.3. The predicted molar refractivity (Wildman–Crippen MR) is 53.9 cm³/mol. The van der Waals surface area contributed by atoms with E-state index in [-0.39, 0.29) is 22.8 Å². The van der Waals surface area contributed by atoms with Crippen LogP contribution in [0.1, 0.15) is 11.1 Å². The summed E-state index contributed by atoms with van der Waals surface area (Å²) in [5, 5.41) is 0.137. The summed E-state index contributed by atoms with van der Waals surface area (Å²) in [5.74, 6) is -0.249. The lowest BCUT2D eigenvalue weighted by Gasteiger charge is -2.11. The minimum absolute atomic E-state index is 0.0289. The van der Waals surface area contributed by atoms with Crippen molar-refractivity contribution in [3.8, 4) is 0 Å². The molecule has 0 spiro atoms. The molecule has 0 N–H and O–H groups in total. The molecule has 1 rings (SSSR count). The zero-order valence-electron chi connectivity index (χ0n) is 7.88. The fraction of sp³-hybridized carbons (Fsp3) is 0.333. The third-order valence-electron chi connectivity index (χ3n) is 1.91. The van der Waals surface area contributed by atoms with Crippen LogP contribution in [0.25, 0.3) is 0 Å². The molecule has 0 saturated carbocycles. The minimum Gasteiger partial charge on any atom is -0.772 e. The molecule has 16 heavy (non-hydrogen) atoms. The molecule has 0 aliphatic rings. The van der Waals surface area contributed by atoms with Crippen molar-refractivity contribution in [2.75, 3.05) is 5.75 Å². The van der Waals surface area contributed by atoms with Crippen molar-refractivity contribution in [3.63, 3.8) is 0 Å². The molecule has 0 aliphatic carbocycles. The molecule has 90 valence electrons. The van der Waals surface area contributed by atoms with Crippen LogP contribution in [0.4, 0.5) is 13.2 Å². The Hall–Kier alpha value is -0.590. The highest BCUT2D eigenvalue weighted by atomic mass is 35.5. The van der Waals surface area contributed by atoms with Crippen LogP contribution < -0.4 is 0 Å². The smallest absolute Gasteiger partial charge is 0.416 e. The molecular formula is C9H7ClF3O2S-. The summed E-state index contributed by atoms with van der Waals surface area (Å²) in [6.07, 6.45) is -4.48. The van der Waals surface area contributed by atoms with Crippen LogP contribution in [-0.4, -0.2) is 14.5 Å². The van der Waals surface area contributed by atoms with Gasteiger partial charge in [-0.2, -0.15) is 13.2 Å². The summed E-state index contributed by atoms with van der Waals surface area (Å²) in [4.78, 5) is 0. The molecule has 2 nitrogen and oxygen atoms in total. The van der Waals surface area contributed by atoms with Crippen molar-refractivity contribution in [1.82, 2.24) is 0 Å². The molecular weight excluding hydrogens is 265 g/mol. The third kappa shape index (κ3) is 3.77. The van der Waals surface area contributed by atoms with Crippen LogP contribution >= 0.6 is 11.6 Å². The number of halogens is 4. The maximum absolute atomic E-state index is 12.3. The SMILES string of the molecule is O=S([O-])CCc1cc(C(F)(F)F)ccc1Cl. The Bertz CT molecular complexity index is 406. The molecule has 1 aromatic carbocycles. The molecule has 0 amide bonds. The molecule has 1 atom stereocenters. The second kappa shape index (κ2) is 5.16. The largest absolute Gasteiger partial charge is 0.772 e. The van der Waals surface area contributed by atoms with Gasteiger partial charge in [-0.3, -0.25) is 4.21 Å². The van der Waals surface area contributed by atoms with Gasteiger partial charge in [-0.1, -0.05) is 22.7 Å². The third-order valence-corrected chi connectivity index (χ3v) is 2.82. The molecule has 0 radical (unpaired) electrons. The Labute approximate surface area is 97.7 Å². The van der Waals surface area contributed by atoms with E-state index in [2.05, 4.69) is 0 Å². The summed E-state index contributed by atoms with van der Waals surface area (Å²) in [5.41, 5.74) is -0.649. The average molecular weight is 272 g/mol. The quantitative estimate of drug-likeness (QED) is 0.793. The van der Waals surface area contributed by atoms with Crippen LogP contribution in [0.2, 0.25) is 5.02 Å². The topological polar surface area (TPSA) is 40.1 Å². The van der Waals surface area contributed by atoms with E-state index >= 15 is 0 Å². The van der Waals surface area contributed by atoms with Crippen LogP contribution in [0.5, 0.6) is 0 Å². The average Bonchev–Trinajstić information content (AvgIpc) is 2.14. The predicted octanol–water partition coefficient (Wildman–Crippen LogP) is 2.78. The van der Waals surface area contributed by atoms with Gasteiger partial charge in [0.1, 0.15) is 0 Å². The molecule has 0 bridgehead atoms. The number of benzene rings is 1. The monoisotopic (exact) mass is 271 g/mol. The first-order valence-electron chi connectivity index (χ1n) is 4.22. The lowest BCUT2D eigenvalue weighted by Crippen LogP contribution is -2.07. The van der Waals surface area contributed by atoms with Gasteiger partial charge in [0.15, 0.2) is 0 Å². The standard InChI is InChI=1S/C9H8ClF3O2S/c10-8-2-1-7(9(11,12)13)5-6(8)3-4-16(14)15/h1-2,5H,3-4H2,(H,14,15)/p-1. The van der Waals surface area contributed by atoms with Crippen molar-refractivity contribution >= 4 is 22.7 Å². The molecule has 7 heteroatoms. The highest BCUT2D eigenvalue weighted by Crippen LogP contribution is 2.31. The fourth-order valence-corrected chi connectivity index (χ4v) is 1.73. The van der Waals surface area contributed by atoms with Crippen molar-refractivity contribution in [3.05, 3.63) is 34.3 Å². The van der Waals surface area contributed by atoms with Crippen molar-refractivity contribution < 1.29 is 21.9 Å². The Morgan fingerprint density at radius 3 is 2.50 bits per heavy atom. The summed E-state index contributed by atoms with van der Waals surface area (Å²) in [7, 11) is 0. The summed E-state index contributed by atoms with van der Waals surface area (Å²) in [6, 6.07) is 2.85. The molecule has 1 aromatic rings. The molecule has 0 aromatic heterocycles. The molecule has 1 unspecified atom stereocenters. The zero-order valence-corrected chi connectivity index (χ0v) is 9.46. The Morgan fingerprint density at radius 1 is 1.38 bits per heavy atom. The van der Waals surface area contributed by atoms with E-state index in [0.717, 1.165) is 18.2 Å². The van der Waals surface area contributed by atoms with E-state index in [1.165, 1.54) is 0 Å². The second-order valence-electron chi connectivity index (χ2n) is 3.06. The van der Waals surface area contributed by atoms with E-state index in [1.807, 2.05) is 0 Å². The van der Waals surface area contributed by atoms with E-state index in [4.69, 9.17) is 11.6 Å². The van der Waals surface area contributed by atoms with Gasteiger partial charge < -0.3 is 4.55 Å². The van der Waals surface area contributed by atoms with E-state index in [1.54, 1.807) is 0 Å². The first kappa shape index (κ1) is 13.5. The maximum Gasteiger partial charge on any atom is 0.416 e. The number of hydrogen-bond donors (Lipinski definition) is 0. The number of alkyl halides is 3. The van der Waals surface area contributed by atoms with Gasteiger partial charge in [0.05, 0.1) is 5.56 Å².